The number of rotatable bonds is 4. The number of fused-ring (bicyclic) bond motifs is 4. The lowest BCUT2D eigenvalue weighted by Gasteiger charge is -2.13. The largest absolute Gasteiger partial charge is 0.309 e. The normalized spacial score (nSPS) is 11.4. The van der Waals surface area contributed by atoms with Gasteiger partial charge in [-0.3, -0.25) is 9.98 Å². The van der Waals surface area contributed by atoms with Crippen LogP contribution in [0, 0.1) is 0 Å². The fourth-order valence-corrected chi connectivity index (χ4v) is 4.69. The Balaban J connectivity index is 1.52. The molecule has 0 amide bonds. The van der Waals surface area contributed by atoms with Crippen molar-refractivity contribution in [3.63, 3.8) is 0 Å². The van der Waals surface area contributed by atoms with Gasteiger partial charge < -0.3 is 4.57 Å². The van der Waals surface area contributed by atoms with Crippen LogP contribution in [0.3, 0.4) is 0 Å². The third-order valence-electron chi connectivity index (χ3n) is 6.16. The molecule has 0 saturated heterocycles. The molecule has 3 nitrogen and oxygen atoms in total. The van der Waals surface area contributed by atoms with Crippen LogP contribution in [-0.4, -0.2) is 16.3 Å². The molecule has 32 heavy (non-hydrogen) atoms. The van der Waals surface area contributed by atoms with Crippen molar-refractivity contribution in [1.29, 1.82) is 0 Å². The molecular weight excluding hydrogens is 390 g/mol. The van der Waals surface area contributed by atoms with Crippen molar-refractivity contribution in [3.05, 3.63) is 109 Å². The molecule has 0 aliphatic carbocycles. The quantitative estimate of drug-likeness (QED) is 0.282. The summed E-state index contributed by atoms with van der Waals surface area (Å²) in [6, 6.07) is 32.3. The van der Waals surface area contributed by atoms with E-state index in [0.717, 1.165) is 11.2 Å². The minimum Gasteiger partial charge on any atom is -0.309 e. The van der Waals surface area contributed by atoms with Gasteiger partial charge in [-0.05, 0) is 70.6 Å². The Labute approximate surface area is 186 Å². The van der Waals surface area contributed by atoms with Gasteiger partial charge >= 0.3 is 0 Å². The van der Waals surface area contributed by atoms with Gasteiger partial charge in [-0.1, -0.05) is 54.6 Å². The molecule has 0 saturated carbocycles. The predicted molar refractivity (Wildman–Crippen MR) is 135 cm³/mol. The van der Waals surface area contributed by atoms with Crippen molar-refractivity contribution in [2.24, 2.45) is 4.99 Å². The van der Waals surface area contributed by atoms with Crippen molar-refractivity contribution in [1.82, 2.24) is 9.55 Å². The first-order chi connectivity index (χ1) is 15.8. The molecule has 0 fully saturated rings. The summed E-state index contributed by atoms with van der Waals surface area (Å²) in [6.45, 7) is 4.32. The smallest absolute Gasteiger partial charge is 0.0638 e. The highest BCUT2D eigenvalue weighted by atomic mass is 15.0. The van der Waals surface area contributed by atoms with Crippen LogP contribution >= 0.6 is 0 Å². The minimum atomic E-state index is 0.599. The van der Waals surface area contributed by atoms with E-state index in [-0.39, 0.29) is 0 Å². The van der Waals surface area contributed by atoms with E-state index in [4.69, 9.17) is 0 Å². The number of aliphatic imine (C=N–C) groups is 1. The van der Waals surface area contributed by atoms with Crippen LogP contribution in [0.1, 0.15) is 5.56 Å². The molecular formula is C29H21N3. The topological polar surface area (TPSA) is 30.2 Å². The van der Waals surface area contributed by atoms with Crippen molar-refractivity contribution in [3.8, 4) is 16.8 Å². The summed E-state index contributed by atoms with van der Waals surface area (Å²) in [5, 5.41) is 4.84. The standard InChI is InChI=1S/C29H21N3/c1-30-18-23-16-21-6-2-3-7-22(21)17-26(23)20-10-12-24(13-11-20)32-28-9-5-4-8-25(28)27-19-31-15-14-29(27)32/h2-17,19H,1,18H2. The molecule has 6 rings (SSSR count). The summed E-state index contributed by atoms with van der Waals surface area (Å²) >= 11 is 0. The lowest BCUT2D eigenvalue weighted by atomic mass is 9.95. The molecule has 2 heterocycles. The Kier molecular flexibility index (Phi) is 4.32. The van der Waals surface area contributed by atoms with Gasteiger partial charge in [0.15, 0.2) is 0 Å². The number of hydrogen-bond donors (Lipinski definition) is 0. The second-order valence-electron chi connectivity index (χ2n) is 8.03. The van der Waals surface area contributed by atoms with E-state index in [2.05, 4.69) is 112 Å². The Morgan fingerprint density at radius 1 is 0.750 bits per heavy atom. The number of para-hydroxylation sites is 1. The highest BCUT2D eigenvalue weighted by Crippen LogP contribution is 2.33. The number of aromatic nitrogens is 2. The van der Waals surface area contributed by atoms with Gasteiger partial charge in [0.1, 0.15) is 0 Å². The maximum absolute atomic E-state index is 4.35. The van der Waals surface area contributed by atoms with Crippen molar-refractivity contribution >= 4 is 39.3 Å². The fourth-order valence-electron chi connectivity index (χ4n) is 4.69. The highest BCUT2D eigenvalue weighted by molar-refractivity contribution is 6.08. The van der Waals surface area contributed by atoms with Crippen LogP contribution in [0.15, 0.2) is 108 Å². The Hall–Kier alpha value is -4.24. The molecule has 0 atom stereocenters. The van der Waals surface area contributed by atoms with Gasteiger partial charge in [0, 0.05) is 28.9 Å². The Morgan fingerprint density at radius 2 is 1.47 bits per heavy atom. The van der Waals surface area contributed by atoms with E-state index in [1.54, 1.807) is 0 Å². The molecule has 0 aliphatic rings. The summed E-state index contributed by atoms with van der Waals surface area (Å²) in [5.41, 5.74) is 7.06. The lowest BCUT2D eigenvalue weighted by Crippen LogP contribution is -1.94. The zero-order chi connectivity index (χ0) is 21.5. The van der Waals surface area contributed by atoms with Gasteiger partial charge in [-0.15, -0.1) is 0 Å². The van der Waals surface area contributed by atoms with Gasteiger partial charge in [0.2, 0.25) is 0 Å². The van der Waals surface area contributed by atoms with E-state index in [0.29, 0.717) is 6.54 Å². The van der Waals surface area contributed by atoms with Gasteiger partial charge in [0.05, 0.1) is 17.6 Å². The van der Waals surface area contributed by atoms with E-state index >= 15 is 0 Å². The molecule has 152 valence electrons. The van der Waals surface area contributed by atoms with Crippen molar-refractivity contribution < 1.29 is 0 Å². The van der Waals surface area contributed by atoms with Gasteiger partial charge in [-0.25, -0.2) is 0 Å². The number of benzene rings is 4. The van der Waals surface area contributed by atoms with Crippen LogP contribution < -0.4 is 0 Å². The zero-order valence-corrected chi connectivity index (χ0v) is 17.6. The van der Waals surface area contributed by atoms with Crippen LogP contribution in [-0.2, 0) is 6.54 Å². The van der Waals surface area contributed by atoms with Gasteiger partial charge in [-0.2, -0.15) is 0 Å². The number of pyridine rings is 1. The van der Waals surface area contributed by atoms with Crippen LogP contribution in [0.25, 0.3) is 49.4 Å². The minimum absolute atomic E-state index is 0.599. The van der Waals surface area contributed by atoms with E-state index in [9.17, 15) is 0 Å². The molecule has 0 aliphatic heterocycles. The lowest BCUT2D eigenvalue weighted by molar-refractivity contribution is 1.09. The second kappa shape index (κ2) is 7.47. The molecule has 0 N–H and O–H groups in total. The Morgan fingerprint density at radius 3 is 2.28 bits per heavy atom. The SMILES string of the molecule is C=NCc1cc2ccccc2cc1-c1ccc(-n2c3ccccc3c3cnccc32)cc1. The predicted octanol–water partition coefficient (Wildman–Crippen LogP) is 7.20. The maximum atomic E-state index is 4.35. The third kappa shape index (κ3) is 2.90. The molecule has 6 aromatic rings. The zero-order valence-electron chi connectivity index (χ0n) is 17.6. The van der Waals surface area contributed by atoms with E-state index in [1.807, 2.05) is 12.4 Å². The molecule has 0 bridgehead atoms. The summed E-state index contributed by atoms with van der Waals surface area (Å²) in [4.78, 5) is 8.51. The first-order valence-electron chi connectivity index (χ1n) is 10.7. The molecule has 0 radical (unpaired) electrons. The first kappa shape index (κ1) is 18.5. The first-order valence-corrected chi connectivity index (χ1v) is 10.7. The average molecular weight is 412 g/mol. The third-order valence-corrected chi connectivity index (χ3v) is 6.16. The van der Waals surface area contributed by atoms with Crippen LogP contribution in [0.2, 0.25) is 0 Å². The van der Waals surface area contributed by atoms with Crippen molar-refractivity contribution in [2.45, 2.75) is 6.54 Å². The second-order valence-corrected chi connectivity index (χ2v) is 8.03. The summed E-state index contributed by atoms with van der Waals surface area (Å²) < 4.78 is 2.31. The fraction of sp³-hybridized carbons (Fsp3) is 0.0345. The van der Waals surface area contributed by atoms with E-state index in [1.165, 1.54) is 43.8 Å². The van der Waals surface area contributed by atoms with E-state index < -0.39 is 0 Å². The average Bonchev–Trinajstić information content (AvgIpc) is 3.18. The van der Waals surface area contributed by atoms with Gasteiger partial charge in [0.25, 0.3) is 0 Å². The van der Waals surface area contributed by atoms with Crippen LogP contribution in [0.4, 0.5) is 0 Å². The molecule has 0 unspecified atom stereocenters. The molecule has 4 aromatic carbocycles. The number of hydrogen-bond acceptors (Lipinski definition) is 2. The van der Waals surface area contributed by atoms with Crippen LogP contribution in [0.5, 0.6) is 0 Å². The Bertz CT molecular complexity index is 1550. The summed E-state index contributed by atoms with van der Waals surface area (Å²) in [6.07, 6.45) is 3.81. The maximum Gasteiger partial charge on any atom is 0.0638 e. The number of nitrogens with zero attached hydrogens (tertiary/aromatic N) is 3. The van der Waals surface area contributed by atoms with Crippen molar-refractivity contribution in [2.75, 3.05) is 0 Å². The summed E-state index contributed by atoms with van der Waals surface area (Å²) in [5.74, 6) is 0. The summed E-state index contributed by atoms with van der Waals surface area (Å²) in [7, 11) is 0. The molecule has 2 aromatic heterocycles. The molecule has 0 spiro atoms. The monoisotopic (exact) mass is 411 g/mol. The highest BCUT2D eigenvalue weighted by Gasteiger charge is 2.12. The molecule has 3 heteroatoms.